The number of esters is 2. The molecule has 7 heterocycles. The normalized spacial score (nSPS) is 42.0. The summed E-state index contributed by atoms with van der Waals surface area (Å²) in [6.07, 6.45) is -4.31. The summed E-state index contributed by atoms with van der Waals surface area (Å²) in [5.41, 5.74) is -4.05. The molecule has 5 aliphatic heterocycles. The van der Waals surface area contributed by atoms with E-state index < -0.39 is 113 Å². The molecule has 1 unspecified atom stereocenters. The fourth-order valence-electron chi connectivity index (χ4n) is 12.7. The first kappa shape index (κ1) is 55.6. The summed E-state index contributed by atoms with van der Waals surface area (Å²) < 4.78 is 58.3. The van der Waals surface area contributed by atoms with Gasteiger partial charge in [-0.05, 0) is 93.0 Å². The minimum absolute atomic E-state index is 0.0394. The molecule has 398 valence electrons. The lowest BCUT2D eigenvalue weighted by Crippen LogP contribution is -2.61. The topological polar surface area (TPSA) is 211 Å². The number of nitrogens with zero attached hydrogens (tertiary/aromatic N) is 4. The van der Waals surface area contributed by atoms with E-state index >= 15 is 9.59 Å². The molecular formula is C54H78N4O14. The van der Waals surface area contributed by atoms with Crippen LogP contribution in [0.15, 0.2) is 47.6 Å². The number of pyridine rings is 1. The number of ketones is 1. The van der Waals surface area contributed by atoms with Gasteiger partial charge in [-0.2, -0.15) is 0 Å². The number of carbonyl (C=O) groups excluding carboxylic acids is 3. The first-order valence-electron chi connectivity index (χ1n) is 25.5. The third-order valence-corrected chi connectivity index (χ3v) is 16.4. The maximum Gasteiger partial charge on any atom is 0.324 e. The van der Waals surface area contributed by atoms with Crippen LogP contribution in [-0.2, 0) is 52.3 Å². The predicted octanol–water partition coefficient (Wildman–Crippen LogP) is 4.97. The maximum absolute atomic E-state index is 15.7. The summed E-state index contributed by atoms with van der Waals surface area (Å²) in [5, 5.41) is 27.5. The summed E-state index contributed by atoms with van der Waals surface area (Å²) in [6, 6.07) is 5.97. The van der Waals surface area contributed by atoms with Crippen LogP contribution >= 0.6 is 0 Å². The Morgan fingerprint density at radius 3 is 2.38 bits per heavy atom. The lowest BCUT2D eigenvalue weighted by molar-refractivity contribution is -0.320. The van der Waals surface area contributed by atoms with Crippen molar-refractivity contribution in [1.82, 2.24) is 19.9 Å². The molecule has 2 N–H and O–H groups in total. The van der Waals surface area contributed by atoms with Crippen molar-refractivity contribution in [3.63, 3.8) is 0 Å². The number of carbonyl (C=O) groups is 3. The third kappa shape index (κ3) is 10.7. The van der Waals surface area contributed by atoms with Gasteiger partial charge in [-0.1, -0.05) is 50.9 Å². The van der Waals surface area contributed by atoms with Crippen molar-refractivity contribution >= 4 is 17.7 Å². The molecule has 0 bridgehead atoms. The molecule has 2 aromatic rings. The van der Waals surface area contributed by atoms with Crippen LogP contribution in [0.2, 0.25) is 0 Å². The van der Waals surface area contributed by atoms with Gasteiger partial charge >= 0.3 is 11.9 Å². The highest BCUT2D eigenvalue weighted by molar-refractivity contribution is 5.91. The second-order valence-corrected chi connectivity index (χ2v) is 22.0. The Balaban J connectivity index is 1.38. The number of methoxy groups -OCH3 is 1. The van der Waals surface area contributed by atoms with Crippen molar-refractivity contribution in [3.8, 4) is 23.2 Å². The Kier molecular flexibility index (Phi) is 17.0. The van der Waals surface area contributed by atoms with Gasteiger partial charge in [0, 0.05) is 68.1 Å². The molecule has 72 heavy (non-hydrogen) atoms. The molecule has 0 radical (unpaired) electrons. The molecule has 5 saturated heterocycles. The van der Waals surface area contributed by atoms with Crippen LogP contribution in [-0.4, -0.2) is 173 Å². The molecule has 0 spiro atoms. The lowest BCUT2D eigenvalue weighted by atomic mass is 9.62. The monoisotopic (exact) mass is 1010 g/mol. The number of rotatable bonds is 12. The Hall–Kier alpha value is -4.13. The van der Waals surface area contributed by atoms with E-state index in [9.17, 15) is 15.0 Å². The number of hydrogen-bond donors (Lipinski definition) is 2. The van der Waals surface area contributed by atoms with Crippen LogP contribution in [0.5, 0.6) is 0 Å². The van der Waals surface area contributed by atoms with Crippen molar-refractivity contribution in [2.45, 2.75) is 179 Å². The van der Waals surface area contributed by atoms with Crippen molar-refractivity contribution in [3.05, 3.63) is 48.9 Å². The molecule has 19 atom stereocenters. The van der Waals surface area contributed by atoms with Gasteiger partial charge in [0.1, 0.15) is 42.4 Å². The summed E-state index contributed by atoms with van der Waals surface area (Å²) in [4.78, 5) is 53.2. The summed E-state index contributed by atoms with van der Waals surface area (Å²) in [6.45, 7) is 22.5. The number of ether oxygens (including phenoxy) is 8. The number of likely N-dealkylation sites (tertiary alicyclic amines) is 1. The average Bonchev–Trinajstić information content (AvgIpc) is 4.03. The van der Waals surface area contributed by atoms with Gasteiger partial charge in [0.05, 0.1) is 47.2 Å². The van der Waals surface area contributed by atoms with Gasteiger partial charge in [-0.25, -0.2) is 0 Å². The number of Topliss-reactive ketones (excluding diaryl/α,β-unsaturated/α-hetero) is 1. The van der Waals surface area contributed by atoms with E-state index in [0.717, 1.165) is 0 Å². The third-order valence-electron chi connectivity index (χ3n) is 16.4. The number of aliphatic hydroxyl groups excluding tert-OH is 2. The van der Waals surface area contributed by atoms with E-state index in [1.165, 1.54) is 7.11 Å². The smallest absolute Gasteiger partial charge is 0.324 e. The molecule has 0 aliphatic carbocycles. The zero-order valence-corrected chi connectivity index (χ0v) is 44.4. The van der Waals surface area contributed by atoms with Crippen LogP contribution < -0.4 is 0 Å². The highest BCUT2D eigenvalue weighted by Gasteiger charge is 2.71. The van der Waals surface area contributed by atoms with Gasteiger partial charge in [-0.3, -0.25) is 24.3 Å². The van der Waals surface area contributed by atoms with E-state index in [1.807, 2.05) is 77.6 Å². The Bertz CT molecular complexity index is 2310. The second-order valence-electron chi connectivity index (χ2n) is 22.0. The molecule has 18 heteroatoms. The Labute approximate surface area is 424 Å². The van der Waals surface area contributed by atoms with Gasteiger partial charge in [0.25, 0.3) is 0 Å². The van der Waals surface area contributed by atoms with E-state index in [-0.39, 0.29) is 56.1 Å². The Morgan fingerprint density at radius 1 is 0.986 bits per heavy atom. The van der Waals surface area contributed by atoms with Crippen LogP contribution in [0.3, 0.4) is 0 Å². The van der Waals surface area contributed by atoms with E-state index in [4.69, 9.17) is 42.4 Å². The standard InChI is InChI=1S/C54H78N4O14/c1-15-23-58-29-51(8)44-41(58)49(63)71-54(44,11)39(16-2)68-48(62)33(6)43(69-40-28-52(9,64-14)46(61)34(7)67-40)32(5)47(70-50-42(59)38(57(12)13)25-31(4)66-50)53(10,27-30(3)45(51)60)65-24-19-20-35-26-37(56-72-35)36-21-17-18-22-55-36/h15,17-18,21-22,26,30-34,38-44,46-47,50,59,61H,1,16,23-25,27-29H2,2-14H3/t30-,31-,32-,33-,34+,38+,39-,40+,41-,42-,43?,44-,46+,47-,50+,51-,52-,53+,54-/m1/s1. The van der Waals surface area contributed by atoms with Gasteiger partial charge in [0.15, 0.2) is 18.2 Å². The molecular weight excluding hydrogens is 929 g/mol. The molecule has 0 aromatic carbocycles. The molecule has 0 amide bonds. The molecule has 18 nitrogen and oxygen atoms in total. The van der Waals surface area contributed by atoms with Crippen molar-refractivity contribution in [2.24, 2.45) is 29.1 Å². The van der Waals surface area contributed by atoms with Gasteiger partial charge < -0.3 is 57.5 Å². The second kappa shape index (κ2) is 22.0. The van der Waals surface area contributed by atoms with E-state index in [1.54, 1.807) is 52.1 Å². The zero-order valence-electron chi connectivity index (χ0n) is 44.4. The fourth-order valence-corrected chi connectivity index (χ4v) is 12.7. The van der Waals surface area contributed by atoms with Crippen molar-refractivity contribution in [2.75, 3.05) is 40.9 Å². The predicted molar refractivity (Wildman–Crippen MR) is 262 cm³/mol. The number of aromatic nitrogens is 2. The van der Waals surface area contributed by atoms with Crippen LogP contribution in [0.1, 0.15) is 101 Å². The highest BCUT2D eigenvalue weighted by atomic mass is 16.7. The van der Waals surface area contributed by atoms with E-state index in [2.05, 4.69) is 28.6 Å². The van der Waals surface area contributed by atoms with Crippen molar-refractivity contribution < 1.29 is 67.0 Å². The number of aliphatic hydroxyl groups is 2. The molecule has 5 aliphatic rings. The number of cyclic esters (lactones) is 1. The Morgan fingerprint density at radius 2 is 1.72 bits per heavy atom. The number of likely N-dealkylation sites (N-methyl/N-ethyl adjacent to an activating group) is 1. The highest BCUT2D eigenvalue weighted by Crippen LogP contribution is 2.56. The van der Waals surface area contributed by atoms with Crippen molar-refractivity contribution in [1.29, 1.82) is 0 Å². The molecule has 5 fully saturated rings. The summed E-state index contributed by atoms with van der Waals surface area (Å²) in [5.74, 6) is 1.67. The summed E-state index contributed by atoms with van der Waals surface area (Å²) in [7, 11) is 5.28. The lowest BCUT2D eigenvalue weighted by Gasteiger charge is -2.50. The minimum atomic E-state index is -1.47. The van der Waals surface area contributed by atoms with Crippen LogP contribution in [0, 0.1) is 40.9 Å². The first-order chi connectivity index (χ1) is 33.9. The average molecular weight is 1010 g/mol. The van der Waals surface area contributed by atoms with Crippen LogP contribution in [0.4, 0.5) is 0 Å². The quantitative estimate of drug-likeness (QED) is 0.163. The van der Waals surface area contributed by atoms with E-state index in [0.29, 0.717) is 24.4 Å². The number of hydrogen-bond acceptors (Lipinski definition) is 18. The van der Waals surface area contributed by atoms with Gasteiger partial charge in [0.2, 0.25) is 5.76 Å². The molecule has 2 aromatic heterocycles. The first-order valence-corrected chi connectivity index (χ1v) is 25.5. The molecule has 0 saturated carbocycles. The summed E-state index contributed by atoms with van der Waals surface area (Å²) >= 11 is 0. The largest absolute Gasteiger partial charge is 0.458 e. The van der Waals surface area contributed by atoms with Crippen LogP contribution in [0.25, 0.3) is 11.4 Å². The SMILES string of the molecule is C=CCN1C[C@@]2(C)C(=O)[C@H](C)C[C@](C)(OCC#Cc3cc(-c4ccccn4)no3)[C@H](O[C@@H]3O[C@H](C)C[C@H](N(C)C)[C@H]3O)[C@H](C)C(O[C@H]3C[C@@](C)(OC)[C@@H](O)[C@H](C)O3)[C@@H](C)C(=O)O[C@H](CC)[C@@]3(C)OC(=O)[C@H]1[C@@H]32. The molecule has 7 rings (SSSR count). The minimum Gasteiger partial charge on any atom is -0.458 e. The maximum atomic E-state index is 15.7. The fraction of sp³-hybridized carbons (Fsp3) is 0.722. The zero-order chi connectivity index (χ0) is 52.7. The van der Waals surface area contributed by atoms with Gasteiger partial charge in [-0.15, -0.1) is 6.58 Å².